The molecule has 1 atom stereocenters. The van der Waals surface area contributed by atoms with Gasteiger partial charge in [0.1, 0.15) is 5.82 Å². The Hall–Kier alpha value is -2.36. The maximum Gasteiger partial charge on any atom is 0.225 e. The number of anilines is 2. The summed E-state index contributed by atoms with van der Waals surface area (Å²) < 4.78 is 14.0. The Labute approximate surface area is 147 Å². The van der Waals surface area contributed by atoms with Crippen molar-refractivity contribution in [2.24, 2.45) is 0 Å². The fourth-order valence-corrected chi connectivity index (χ4v) is 4.24. The van der Waals surface area contributed by atoms with Crippen molar-refractivity contribution in [3.05, 3.63) is 58.4 Å². The second-order valence-electron chi connectivity index (χ2n) is 7.13. The molecule has 2 aromatic rings. The number of amides is 1. The minimum Gasteiger partial charge on any atom is -0.371 e. The first-order valence-corrected chi connectivity index (χ1v) is 8.99. The van der Waals surface area contributed by atoms with Crippen molar-refractivity contribution in [3.63, 3.8) is 0 Å². The molecule has 130 valence electrons. The number of halogens is 1. The average Bonchev–Trinajstić information content (AvgIpc) is 3.12. The summed E-state index contributed by atoms with van der Waals surface area (Å²) in [5.74, 6) is -0.302. The maximum absolute atomic E-state index is 14.0. The average molecular weight is 338 g/mol. The Morgan fingerprint density at radius 2 is 1.80 bits per heavy atom. The predicted octanol–water partition coefficient (Wildman–Crippen LogP) is 4.52. The number of fused-ring (bicyclic) bond motifs is 1. The Balaban J connectivity index is 1.82. The van der Waals surface area contributed by atoms with Crippen LogP contribution in [-0.4, -0.2) is 19.0 Å². The van der Waals surface area contributed by atoms with Crippen LogP contribution in [-0.2, 0) is 4.79 Å². The fourth-order valence-electron chi connectivity index (χ4n) is 4.24. The van der Waals surface area contributed by atoms with Gasteiger partial charge in [0, 0.05) is 36.8 Å². The van der Waals surface area contributed by atoms with Crippen molar-refractivity contribution in [1.29, 1.82) is 0 Å². The number of hydrogen-bond donors (Lipinski definition) is 1. The van der Waals surface area contributed by atoms with Crippen LogP contribution in [0.4, 0.5) is 15.8 Å². The molecule has 0 bridgehead atoms. The molecule has 4 rings (SSSR count). The van der Waals surface area contributed by atoms with Crippen LogP contribution in [0.1, 0.15) is 47.4 Å². The first kappa shape index (κ1) is 16.1. The molecule has 2 aromatic carbocycles. The van der Waals surface area contributed by atoms with Crippen LogP contribution in [0.15, 0.2) is 30.3 Å². The Kier molecular flexibility index (Phi) is 3.98. The van der Waals surface area contributed by atoms with E-state index in [1.807, 2.05) is 6.07 Å². The third-order valence-electron chi connectivity index (χ3n) is 5.63. The quantitative estimate of drug-likeness (QED) is 0.873. The molecule has 1 N–H and O–H groups in total. The molecule has 3 nitrogen and oxygen atoms in total. The van der Waals surface area contributed by atoms with Crippen LogP contribution in [0.3, 0.4) is 0 Å². The van der Waals surface area contributed by atoms with Gasteiger partial charge >= 0.3 is 0 Å². The summed E-state index contributed by atoms with van der Waals surface area (Å²) in [6.45, 7) is 6.01. The van der Waals surface area contributed by atoms with Gasteiger partial charge in [-0.05, 0) is 61.1 Å². The van der Waals surface area contributed by atoms with Crippen LogP contribution >= 0.6 is 0 Å². The molecule has 0 aromatic heterocycles. The second kappa shape index (κ2) is 6.17. The van der Waals surface area contributed by atoms with Crippen molar-refractivity contribution in [2.45, 2.75) is 39.0 Å². The number of benzene rings is 2. The largest absolute Gasteiger partial charge is 0.371 e. The standard InChI is InChI=1S/C21H23FN2O/c1-13-15(6-5-7-18(13)22)17-12-20(25)23-21-14(2)19(9-8-16(17)21)24-10-3-4-11-24/h5-9,17H,3-4,10-12H2,1-2H3,(H,23,25). The number of carbonyl (C=O) groups excluding carboxylic acids is 1. The summed E-state index contributed by atoms with van der Waals surface area (Å²) >= 11 is 0. The summed E-state index contributed by atoms with van der Waals surface area (Å²) in [4.78, 5) is 14.8. The molecular weight excluding hydrogens is 315 g/mol. The van der Waals surface area contributed by atoms with E-state index >= 15 is 0 Å². The summed E-state index contributed by atoms with van der Waals surface area (Å²) in [5, 5.41) is 3.07. The predicted molar refractivity (Wildman–Crippen MR) is 98.9 cm³/mol. The zero-order valence-electron chi connectivity index (χ0n) is 14.7. The van der Waals surface area contributed by atoms with Crippen LogP contribution in [0, 0.1) is 19.7 Å². The number of carbonyl (C=O) groups is 1. The molecule has 1 saturated heterocycles. The van der Waals surface area contributed by atoms with Gasteiger partial charge in [-0.15, -0.1) is 0 Å². The van der Waals surface area contributed by atoms with Crippen LogP contribution < -0.4 is 10.2 Å². The summed E-state index contributed by atoms with van der Waals surface area (Å²) in [6.07, 6.45) is 2.79. The number of rotatable bonds is 2. The second-order valence-corrected chi connectivity index (χ2v) is 7.13. The fraction of sp³-hybridized carbons (Fsp3) is 0.381. The van der Waals surface area contributed by atoms with Crippen molar-refractivity contribution in [2.75, 3.05) is 23.3 Å². The van der Waals surface area contributed by atoms with E-state index < -0.39 is 0 Å². The molecule has 25 heavy (non-hydrogen) atoms. The van der Waals surface area contributed by atoms with Gasteiger partial charge in [0.15, 0.2) is 0 Å². The lowest BCUT2D eigenvalue weighted by Crippen LogP contribution is -2.26. The lowest BCUT2D eigenvalue weighted by molar-refractivity contribution is -0.116. The molecule has 1 unspecified atom stereocenters. The number of nitrogens with zero attached hydrogens (tertiary/aromatic N) is 1. The molecule has 2 aliphatic heterocycles. The Morgan fingerprint density at radius 3 is 2.56 bits per heavy atom. The van der Waals surface area contributed by atoms with E-state index in [1.165, 1.54) is 24.6 Å². The maximum atomic E-state index is 14.0. The Bertz CT molecular complexity index is 840. The van der Waals surface area contributed by atoms with Gasteiger partial charge in [0.25, 0.3) is 0 Å². The minimum absolute atomic E-state index is 0.00262. The van der Waals surface area contributed by atoms with E-state index in [4.69, 9.17) is 0 Å². The molecule has 1 amide bonds. The van der Waals surface area contributed by atoms with Gasteiger partial charge in [-0.1, -0.05) is 18.2 Å². The monoisotopic (exact) mass is 338 g/mol. The smallest absolute Gasteiger partial charge is 0.225 e. The third kappa shape index (κ3) is 2.70. The van der Waals surface area contributed by atoms with Gasteiger partial charge in [-0.25, -0.2) is 4.39 Å². The van der Waals surface area contributed by atoms with Gasteiger partial charge < -0.3 is 10.2 Å². The van der Waals surface area contributed by atoms with Gasteiger partial charge in [0.2, 0.25) is 5.91 Å². The first-order valence-electron chi connectivity index (χ1n) is 8.99. The number of nitrogens with one attached hydrogen (secondary N) is 1. The minimum atomic E-state index is -0.213. The van der Waals surface area contributed by atoms with Gasteiger partial charge in [0.05, 0.1) is 0 Å². The van der Waals surface area contributed by atoms with Crippen LogP contribution in [0.25, 0.3) is 0 Å². The molecule has 0 spiro atoms. The van der Waals surface area contributed by atoms with Crippen LogP contribution in [0.5, 0.6) is 0 Å². The van der Waals surface area contributed by atoms with E-state index in [-0.39, 0.29) is 17.6 Å². The zero-order valence-corrected chi connectivity index (χ0v) is 14.7. The molecule has 1 fully saturated rings. The van der Waals surface area contributed by atoms with Gasteiger partial charge in [-0.3, -0.25) is 4.79 Å². The summed E-state index contributed by atoms with van der Waals surface area (Å²) in [5.41, 5.74) is 5.86. The van der Waals surface area contributed by atoms with Crippen molar-refractivity contribution in [1.82, 2.24) is 0 Å². The first-order chi connectivity index (χ1) is 12.1. The van der Waals surface area contributed by atoms with E-state index in [0.29, 0.717) is 12.0 Å². The van der Waals surface area contributed by atoms with E-state index in [2.05, 4.69) is 29.3 Å². The molecule has 2 heterocycles. The number of hydrogen-bond acceptors (Lipinski definition) is 2. The van der Waals surface area contributed by atoms with E-state index in [9.17, 15) is 9.18 Å². The van der Waals surface area contributed by atoms with Crippen molar-refractivity contribution >= 4 is 17.3 Å². The lowest BCUT2D eigenvalue weighted by atomic mass is 9.81. The molecular formula is C21H23FN2O. The Morgan fingerprint density at radius 1 is 1.04 bits per heavy atom. The van der Waals surface area contributed by atoms with Gasteiger partial charge in [-0.2, -0.15) is 0 Å². The molecule has 2 aliphatic rings. The lowest BCUT2D eigenvalue weighted by Gasteiger charge is -2.31. The highest BCUT2D eigenvalue weighted by atomic mass is 19.1. The van der Waals surface area contributed by atoms with Crippen molar-refractivity contribution < 1.29 is 9.18 Å². The molecule has 0 aliphatic carbocycles. The SMILES string of the molecule is Cc1c(F)cccc1C1CC(=O)Nc2c1ccc(N1CCCC1)c2C. The van der Waals surface area contributed by atoms with E-state index in [0.717, 1.165) is 35.5 Å². The molecule has 4 heteroatoms. The van der Waals surface area contributed by atoms with E-state index in [1.54, 1.807) is 13.0 Å². The highest BCUT2D eigenvalue weighted by molar-refractivity contribution is 5.97. The van der Waals surface area contributed by atoms with Crippen LogP contribution in [0.2, 0.25) is 0 Å². The molecule has 0 saturated carbocycles. The highest BCUT2D eigenvalue weighted by Crippen LogP contribution is 2.43. The summed E-state index contributed by atoms with van der Waals surface area (Å²) in [7, 11) is 0. The topological polar surface area (TPSA) is 32.3 Å². The highest BCUT2D eigenvalue weighted by Gasteiger charge is 2.30. The normalized spacial score (nSPS) is 19.7. The third-order valence-corrected chi connectivity index (χ3v) is 5.63. The zero-order chi connectivity index (χ0) is 17.6. The summed E-state index contributed by atoms with van der Waals surface area (Å²) in [6, 6.07) is 9.43. The van der Waals surface area contributed by atoms with Crippen molar-refractivity contribution in [3.8, 4) is 0 Å². The molecule has 0 radical (unpaired) electrons.